The van der Waals surface area contributed by atoms with Crippen LogP contribution in [0.5, 0.6) is 11.5 Å². The Labute approximate surface area is 110 Å². The van der Waals surface area contributed by atoms with Gasteiger partial charge in [-0.1, -0.05) is 18.2 Å². The van der Waals surface area contributed by atoms with E-state index in [9.17, 15) is 0 Å². The second-order valence-electron chi connectivity index (χ2n) is 4.48. The molecule has 0 fully saturated rings. The molecule has 92 valence electrons. The molecule has 1 aromatic heterocycles. The standard InChI is InChI=1S/C16H11NO2/c1-2-13-8-11(3-5-14(13)17-7-1)12-4-6-15-16(9-12)19-10-18-15/h1-9H,10H2. The summed E-state index contributed by atoms with van der Waals surface area (Å²) in [6.45, 7) is 0.306. The predicted molar refractivity (Wildman–Crippen MR) is 73.3 cm³/mol. The highest BCUT2D eigenvalue weighted by atomic mass is 16.7. The summed E-state index contributed by atoms with van der Waals surface area (Å²) in [7, 11) is 0. The molecule has 2 heterocycles. The SMILES string of the molecule is c1cnc2ccc(-c3ccc4c(c3)OCO4)cc2c1. The van der Waals surface area contributed by atoms with E-state index in [0.29, 0.717) is 6.79 Å². The lowest BCUT2D eigenvalue weighted by Crippen LogP contribution is -1.92. The fourth-order valence-corrected chi connectivity index (χ4v) is 2.33. The van der Waals surface area contributed by atoms with Crippen molar-refractivity contribution in [1.29, 1.82) is 0 Å². The number of ether oxygens (including phenoxy) is 2. The lowest BCUT2D eigenvalue weighted by Gasteiger charge is -2.05. The molecule has 1 aliphatic rings. The number of nitrogens with zero attached hydrogens (tertiary/aromatic N) is 1. The molecule has 3 nitrogen and oxygen atoms in total. The smallest absolute Gasteiger partial charge is 0.231 e. The van der Waals surface area contributed by atoms with Gasteiger partial charge >= 0.3 is 0 Å². The Morgan fingerprint density at radius 1 is 0.842 bits per heavy atom. The van der Waals surface area contributed by atoms with Gasteiger partial charge in [0.25, 0.3) is 0 Å². The molecule has 0 bridgehead atoms. The number of aromatic nitrogens is 1. The van der Waals surface area contributed by atoms with Crippen molar-refractivity contribution in [2.45, 2.75) is 0 Å². The zero-order valence-corrected chi connectivity index (χ0v) is 10.2. The van der Waals surface area contributed by atoms with Gasteiger partial charge in [-0.3, -0.25) is 4.98 Å². The van der Waals surface area contributed by atoms with Crippen LogP contribution in [0.1, 0.15) is 0 Å². The lowest BCUT2D eigenvalue weighted by atomic mass is 10.0. The molecule has 0 saturated heterocycles. The minimum Gasteiger partial charge on any atom is -0.454 e. The topological polar surface area (TPSA) is 31.4 Å². The highest BCUT2D eigenvalue weighted by Crippen LogP contribution is 2.36. The number of rotatable bonds is 1. The largest absolute Gasteiger partial charge is 0.454 e. The molecule has 0 saturated carbocycles. The summed E-state index contributed by atoms with van der Waals surface area (Å²) in [6.07, 6.45) is 1.81. The summed E-state index contributed by atoms with van der Waals surface area (Å²) in [5, 5.41) is 1.14. The third kappa shape index (κ3) is 1.71. The van der Waals surface area contributed by atoms with Crippen LogP contribution in [0.2, 0.25) is 0 Å². The molecule has 3 heteroatoms. The average Bonchev–Trinajstić information content (AvgIpc) is 2.94. The Bertz CT molecular complexity index is 768. The van der Waals surface area contributed by atoms with Crippen molar-refractivity contribution in [2.24, 2.45) is 0 Å². The van der Waals surface area contributed by atoms with Gasteiger partial charge in [0.2, 0.25) is 6.79 Å². The van der Waals surface area contributed by atoms with Crippen LogP contribution in [0.3, 0.4) is 0 Å². The van der Waals surface area contributed by atoms with Gasteiger partial charge in [0.15, 0.2) is 11.5 Å². The highest BCUT2D eigenvalue weighted by molar-refractivity contribution is 5.84. The number of hydrogen-bond acceptors (Lipinski definition) is 3. The quantitative estimate of drug-likeness (QED) is 0.660. The average molecular weight is 249 g/mol. The first-order valence-corrected chi connectivity index (χ1v) is 6.15. The van der Waals surface area contributed by atoms with Crippen molar-refractivity contribution < 1.29 is 9.47 Å². The van der Waals surface area contributed by atoms with Crippen molar-refractivity contribution >= 4 is 10.9 Å². The summed E-state index contributed by atoms with van der Waals surface area (Å²) < 4.78 is 10.7. The number of fused-ring (bicyclic) bond motifs is 2. The van der Waals surface area contributed by atoms with Crippen LogP contribution in [0, 0.1) is 0 Å². The summed E-state index contributed by atoms with van der Waals surface area (Å²) in [6, 6.07) is 16.3. The zero-order valence-electron chi connectivity index (χ0n) is 10.2. The monoisotopic (exact) mass is 249 g/mol. The first-order chi connectivity index (χ1) is 9.40. The van der Waals surface area contributed by atoms with E-state index in [1.165, 1.54) is 0 Å². The molecule has 4 rings (SSSR count). The third-order valence-corrected chi connectivity index (χ3v) is 3.31. The van der Waals surface area contributed by atoms with Gasteiger partial charge in [-0.15, -0.1) is 0 Å². The molecule has 3 aromatic rings. The Kier molecular flexibility index (Phi) is 2.18. The van der Waals surface area contributed by atoms with E-state index in [1.807, 2.05) is 36.5 Å². The molecule has 0 aliphatic carbocycles. The molecule has 19 heavy (non-hydrogen) atoms. The van der Waals surface area contributed by atoms with E-state index in [4.69, 9.17) is 9.47 Å². The molecule has 0 atom stereocenters. The predicted octanol–water partition coefficient (Wildman–Crippen LogP) is 3.63. The molecular formula is C16H11NO2. The van der Waals surface area contributed by atoms with Crippen molar-refractivity contribution in [1.82, 2.24) is 4.98 Å². The number of pyridine rings is 1. The van der Waals surface area contributed by atoms with E-state index in [1.54, 1.807) is 0 Å². The molecule has 2 aromatic carbocycles. The normalized spacial score (nSPS) is 12.8. The number of benzene rings is 2. The van der Waals surface area contributed by atoms with Crippen LogP contribution >= 0.6 is 0 Å². The minimum atomic E-state index is 0.306. The second-order valence-corrected chi connectivity index (χ2v) is 4.48. The third-order valence-electron chi connectivity index (χ3n) is 3.31. The van der Waals surface area contributed by atoms with Crippen molar-refractivity contribution in [3.8, 4) is 22.6 Å². The van der Waals surface area contributed by atoms with Gasteiger partial charge < -0.3 is 9.47 Å². The van der Waals surface area contributed by atoms with Crippen molar-refractivity contribution in [3.63, 3.8) is 0 Å². The fraction of sp³-hybridized carbons (Fsp3) is 0.0625. The van der Waals surface area contributed by atoms with E-state index in [0.717, 1.165) is 33.5 Å². The molecule has 0 N–H and O–H groups in total. The van der Waals surface area contributed by atoms with Gasteiger partial charge in [-0.2, -0.15) is 0 Å². The van der Waals surface area contributed by atoms with E-state index in [-0.39, 0.29) is 0 Å². The molecule has 0 radical (unpaired) electrons. The van der Waals surface area contributed by atoms with Crippen LogP contribution in [-0.2, 0) is 0 Å². The van der Waals surface area contributed by atoms with Gasteiger partial charge in [0.05, 0.1) is 5.52 Å². The first kappa shape index (κ1) is 10.4. The van der Waals surface area contributed by atoms with Gasteiger partial charge in [0.1, 0.15) is 0 Å². The first-order valence-electron chi connectivity index (χ1n) is 6.15. The molecule has 1 aliphatic heterocycles. The maximum atomic E-state index is 5.41. The van der Waals surface area contributed by atoms with Gasteiger partial charge in [-0.05, 0) is 41.5 Å². The lowest BCUT2D eigenvalue weighted by molar-refractivity contribution is 0.174. The van der Waals surface area contributed by atoms with Crippen molar-refractivity contribution in [3.05, 3.63) is 54.7 Å². The summed E-state index contributed by atoms with van der Waals surface area (Å²) >= 11 is 0. The molecule has 0 unspecified atom stereocenters. The molecular weight excluding hydrogens is 238 g/mol. The van der Waals surface area contributed by atoms with E-state index < -0.39 is 0 Å². The second kappa shape index (κ2) is 3.99. The van der Waals surface area contributed by atoms with E-state index >= 15 is 0 Å². The molecule has 0 spiro atoms. The minimum absolute atomic E-state index is 0.306. The van der Waals surface area contributed by atoms with Crippen LogP contribution in [0.4, 0.5) is 0 Å². The zero-order chi connectivity index (χ0) is 12.7. The van der Waals surface area contributed by atoms with Crippen molar-refractivity contribution in [2.75, 3.05) is 6.79 Å². The Balaban J connectivity index is 1.85. The van der Waals surface area contributed by atoms with Gasteiger partial charge in [-0.25, -0.2) is 0 Å². The fourth-order valence-electron chi connectivity index (χ4n) is 2.33. The Morgan fingerprint density at radius 3 is 2.68 bits per heavy atom. The van der Waals surface area contributed by atoms with Gasteiger partial charge in [0, 0.05) is 11.6 Å². The number of hydrogen-bond donors (Lipinski definition) is 0. The van der Waals surface area contributed by atoms with Crippen LogP contribution in [0.25, 0.3) is 22.0 Å². The van der Waals surface area contributed by atoms with Crippen LogP contribution < -0.4 is 9.47 Å². The summed E-state index contributed by atoms with van der Waals surface area (Å²) in [5.41, 5.74) is 3.28. The summed E-state index contributed by atoms with van der Waals surface area (Å²) in [5.74, 6) is 1.62. The maximum Gasteiger partial charge on any atom is 0.231 e. The Hall–Kier alpha value is -2.55. The Morgan fingerprint density at radius 2 is 1.68 bits per heavy atom. The molecule has 0 amide bonds. The van der Waals surface area contributed by atoms with Crippen LogP contribution in [-0.4, -0.2) is 11.8 Å². The summed E-state index contributed by atoms with van der Waals surface area (Å²) in [4.78, 5) is 4.33. The van der Waals surface area contributed by atoms with E-state index in [2.05, 4.69) is 23.2 Å². The maximum absolute atomic E-state index is 5.41. The van der Waals surface area contributed by atoms with Crippen LogP contribution in [0.15, 0.2) is 54.7 Å². The highest BCUT2D eigenvalue weighted by Gasteiger charge is 2.13.